The van der Waals surface area contributed by atoms with Crippen LogP contribution in [0.1, 0.15) is 32.4 Å². The third kappa shape index (κ3) is 5.61. The molecule has 0 fully saturated rings. The van der Waals surface area contributed by atoms with Crippen LogP contribution in [0.5, 0.6) is 0 Å². The number of benzene rings is 1. The van der Waals surface area contributed by atoms with Gasteiger partial charge in [0.25, 0.3) is 0 Å². The van der Waals surface area contributed by atoms with Crippen LogP contribution in [-0.4, -0.2) is 56.1 Å². The fourth-order valence-electron chi connectivity index (χ4n) is 2.72. The first-order valence-corrected chi connectivity index (χ1v) is 7.75. The van der Waals surface area contributed by atoms with Crippen molar-refractivity contribution >= 4 is 0 Å². The standard InChI is InChI=1S/C17H31N3/c1-6-18-17(16-11-9-8-10-12-16)14-20(7-2)15(3)13-19(4)5/h8-12,15,17-18H,6-7,13-14H2,1-5H3. The Hall–Kier alpha value is -0.900. The van der Waals surface area contributed by atoms with E-state index < -0.39 is 0 Å². The van der Waals surface area contributed by atoms with Gasteiger partial charge in [-0.1, -0.05) is 44.2 Å². The summed E-state index contributed by atoms with van der Waals surface area (Å²) in [7, 11) is 4.28. The zero-order valence-electron chi connectivity index (χ0n) is 13.8. The molecule has 0 spiro atoms. The lowest BCUT2D eigenvalue weighted by Crippen LogP contribution is -2.44. The van der Waals surface area contributed by atoms with Crippen molar-refractivity contribution in [3.63, 3.8) is 0 Å². The molecule has 1 rings (SSSR count). The molecule has 3 nitrogen and oxygen atoms in total. The van der Waals surface area contributed by atoms with Gasteiger partial charge >= 0.3 is 0 Å². The Bertz CT molecular complexity index is 351. The fraction of sp³-hybridized carbons (Fsp3) is 0.647. The Labute approximate surface area is 125 Å². The molecule has 0 radical (unpaired) electrons. The van der Waals surface area contributed by atoms with E-state index in [0.717, 1.165) is 26.2 Å². The molecule has 3 heteroatoms. The molecule has 0 aliphatic heterocycles. The SMILES string of the molecule is CCNC(CN(CC)C(C)CN(C)C)c1ccccc1. The first-order chi connectivity index (χ1) is 9.58. The fourth-order valence-corrected chi connectivity index (χ4v) is 2.72. The predicted octanol–water partition coefficient (Wildman–Crippen LogP) is 2.61. The average Bonchev–Trinajstić information content (AvgIpc) is 2.43. The molecule has 0 heterocycles. The number of likely N-dealkylation sites (N-methyl/N-ethyl adjacent to an activating group) is 3. The summed E-state index contributed by atoms with van der Waals surface area (Å²) in [6.45, 7) is 11.0. The molecule has 1 aromatic carbocycles. The van der Waals surface area contributed by atoms with Crippen molar-refractivity contribution in [3.8, 4) is 0 Å². The molecule has 2 atom stereocenters. The molecule has 0 saturated carbocycles. The normalized spacial score (nSPS) is 14.8. The van der Waals surface area contributed by atoms with E-state index >= 15 is 0 Å². The lowest BCUT2D eigenvalue weighted by molar-refractivity contribution is 0.165. The van der Waals surface area contributed by atoms with E-state index in [0.29, 0.717) is 12.1 Å². The van der Waals surface area contributed by atoms with Crippen LogP contribution in [0.3, 0.4) is 0 Å². The maximum Gasteiger partial charge on any atom is 0.0449 e. The second-order valence-corrected chi connectivity index (χ2v) is 5.72. The molecular formula is C17H31N3. The van der Waals surface area contributed by atoms with Gasteiger partial charge in [-0.25, -0.2) is 0 Å². The second kappa shape index (κ2) is 9.11. The Morgan fingerprint density at radius 2 is 1.70 bits per heavy atom. The predicted molar refractivity (Wildman–Crippen MR) is 88.1 cm³/mol. The summed E-state index contributed by atoms with van der Waals surface area (Å²) in [5, 5.41) is 3.62. The molecular weight excluding hydrogens is 246 g/mol. The quantitative estimate of drug-likeness (QED) is 0.748. The van der Waals surface area contributed by atoms with E-state index in [1.54, 1.807) is 0 Å². The largest absolute Gasteiger partial charge is 0.309 e. The Morgan fingerprint density at radius 3 is 2.20 bits per heavy atom. The highest BCUT2D eigenvalue weighted by Crippen LogP contribution is 2.15. The summed E-state index contributed by atoms with van der Waals surface area (Å²) in [6, 6.07) is 11.7. The van der Waals surface area contributed by atoms with Gasteiger partial charge in [-0.05, 0) is 39.7 Å². The number of nitrogens with zero attached hydrogens (tertiary/aromatic N) is 2. The summed E-state index contributed by atoms with van der Waals surface area (Å²) in [4.78, 5) is 4.82. The van der Waals surface area contributed by atoms with Crippen LogP contribution in [0, 0.1) is 0 Å². The molecule has 0 aromatic heterocycles. The average molecular weight is 277 g/mol. The third-order valence-corrected chi connectivity index (χ3v) is 3.73. The minimum Gasteiger partial charge on any atom is -0.309 e. The van der Waals surface area contributed by atoms with Crippen molar-refractivity contribution in [1.82, 2.24) is 15.1 Å². The smallest absolute Gasteiger partial charge is 0.0449 e. The van der Waals surface area contributed by atoms with Gasteiger partial charge in [0.2, 0.25) is 0 Å². The lowest BCUT2D eigenvalue weighted by atomic mass is 10.1. The van der Waals surface area contributed by atoms with E-state index in [1.807, 2.05) is 0 Å². The lowest BCUT2D eigenvalue weighted by Gasteiger charge is -2.33. The van der Waals surface area contributed by atoms with Crippen molar-refractivity contribution < 1.29 is 0 Å². The molecule has 0 aliphatic carbocycles. The Kier molecular flexibility index (Phi) is 7.82. The summed E-state index contributed by atoms with van der Waals surface area (Å²) < 4.78 is 0. The summed E-state index contributed by atoms with van der Waals surface area (Å²) >= 11 is 0. The minimum absolute atomic E-state index is 0.408. The van der Waals surface area contributed by atoms with Crippen LogP contribution in [0.2, 0.25) is 0 Å². The summed E-state index contributed by atoms with van der Waals surface area (Å²) in [5.41, 5.74) is 1.38. The molecule has 2 unspecified atom stereocenters. The first kappa shape index (κ1) is 17.2. The summed E-state index contributed by atoms with van der Waals surface area (Å²) in [6.07, 6.45) is 0. The van der Waals surface area contributed by atoms with Gasteiger partial charge in [0.05, 0.1) is 0 Å². The number of hydrogen-bond acceptors (Lipinski definition) is 3. The van der Waals surface area contributed by atoms with Gasteiger partial charge in [-0.2, -0.15) is 0 Å². The van der Waals surface area contributed by atoms with Crippen molar-refractivity contribution in [1.29, 1.82) is 0 Å². The molecule has 1 N–H and O–H groups in total. The van der Waals surface area contributed by atoms with Crippen LogP contribution in [0.25, 0.3) is 0 Å². The summed E-state index contributed by atoms with van der Waals surface area (Å²) in [5.74, 6) is 0. The van der Waals surface area contributed by atoms with Gasteiger partial charge in [0, 0.05) is 25.2 Å². The molecule has 0 amide bonds. The van der Waals surface area contributed by atoms with Crippen molar-refractivity contribution in [2.24, 2.45) is 0 Å². The maximum absolute atomic E-state index is 3.62. The third-order valence-electron chi connectivity index (χ3n) is 3.73. The van der Waals surface area contributed by atoms with Gasteiger partial charge < -0.3 is 10.2 Å². The van der Waals surface area contributed by atoms with Gasteiger partial charge in [0.1, 0.15) is 0 Å². The zero-order valence-corrected chi connectivity index (χ0v) is 13.8. The number of nitrogens with one attached hydrogen (secondary N) is 1. The monoisotopic (exact) mass is 277 g/mol. The van der Waals surface area contributed by atoms with Gasteiger partial charge in [0.15, 0.2) is 0 Å². The van der Waals surface area contributed by atoms with Crippen molar-refractivity contribution in [2.45, 2.75) is 32.9 Å². The number of hydrogen-bond donors (Lipinski definition) is 1. The molecule has 0 bridgehead atoms. The van der Waals surface area contributed by atoms with Gasteiger partial charge in [-0.15, -0.1) is 0 Å². The van der Waals surface area contributed by atoms with E-state index in [4.69, 9.17) is 0 Å². The van der Waals surface area contributed by atoms with Crippen LogP contribution < -0.4 is 5.32 Å². The molecule has 20 heavy (non-hydrogen) atoms. The van der Waals surface area contributed by atoms with Crippen LogP contribution in [0.4, 0.5) is 0 Å². The molecule has 114 valence electrons. The highest BCUT2D eigenvalue weighted by Gasteiger charge is 2.18. The zero-order chi connectivity index (χ0) is 15.0. The number of rotatable bonds is 9. The topological polar surface area (TPSA) is 18.5 Å². The second-order valence-electron chi connectivity index (χ2n) is 5.72. The molecule has 1 aromatic rings. The van der Waals surface area contributed by atoms with Crippen molar-refractivity contribution in [3.05, 3.63) is 35.9 Å². The van der Waals surface area contributed by atoms with E-state index in [9.17, 15) is 0 Å². The Morgan fingerprint density at radius 1 is 1.05 bits per heavy atom. The van der Waals surface area contributed by atoms with Crippen LogP contribution in [0.15, 0.2) is 30.3 Å². The maximum atomic E-state index is 3.62. The molecule has 0 aliphatic rings. The van der Waals surface area contributed by atoms with Crippen LogP contribution >= 0.6 is 0 Å². The van der Waals surface area contributed by atoms with Gasteiger partial charge in [-0.3, -0.25) is 4.90 Å². The van der Waals surface area contributed by atoms with E-state index in [-0.39, 0.29) is 0 Å². The van der Waals surface area contributed by atoms with Crippen LogP contribution in [-0.2, 0) is 0 Å². The molecule has 0 saturated heterocycles. The first-order valence-electron chi connectivity index (χ1n) is 7.75. The van der Waals surface area contributed by atoms with E-state index in [2.05, 4.69) is 80.3 Å². The highest BCUT2D eigenvalue weighted by molar-refractivity contribution is 5.19. The minimum atomic E-state index is 0.408. The Balaban J connectivity index is 2.72. The highest BCUT2D eigenvalue weighted by atomic mass is 15.2. The van der Waals surface area contributed by atoms with Crippen molar-refractivity contribution in [2.75, 3.05) is 40.3 Å². The van der Waals surface area contributed by atoms with E-state index in [1.165, 1.54) is 5.56 Å².